The Morgan fingerprint density at radius 1 is 1.11 bits per heavy atom. The lowest BCUT2D eigenvalue weighted by atomic mass is 10.2. The number of thioether (sulfide) groups is 1. The van der Waals surface area contributed by atoms with Gasteiger partial charge in [0.05, 0.1) is 22.6 Å². The fourth-order valence-corrected chi connectivity index (χ4v) is 2.87. The molecule has 1 heterocycles. The molecule has 0 spiro atoms. The van der Waals surface area contributed by atoms with Crippen molar-refractivity contribution in [3.63, 3.8) is 0 Å². The maximum Gasteiger partial charge on any atom is 0.317 e. The molecule has 1 aromatic heterocycles. The Morgan fingerprint density at radius 2 is 1.86 bits per heavy atom. The number of hydrogen-bond donors (Lipinski definition) is 1. The number of para-hydroxylation sites is 1. The van der Waals surface area contributed by atoms with Gasteiger partial charge in [0.15, 0.2) is 6.73 Å². The minimum absolute atomic E-state index is 0.0564. The highest BCUT2D eigenvalue weighted by atomic mass is 32.2. The van der Waals surface area contributed by atoms with E-state index in [0.29, 0.717) is 10.9 Å². The number of fused-ring (bicyclic) bond motifs is 1. The van der Waals surface area contributed by atoms with Crippen LogP contribution in [0.2, 0.25) is 0 Å². The summed E-state index contributed by atoms with van der Waals surface area (Å²) in [7, 11) is 0. The van der Waals surface area contributed by atoms with Gasteiger partial charge >= 0.3 is 5.97 Å². The quantitative estimate of drug-likeness (QED) is 0.601. The fraction of sp³-hybridized carbons (Fsp3) is 0.167. The number of amides is 1. The molecule has 1 N–H and O–H groups in total. The first kappa shape index (κ1) is 19.5. The van der Waals surface area contributed by atoms with Gasteiger partial charge in [-0.2, -0.15) is 4.68 Å². The second kappa shape index (κ2) is 9.09. The smallest absolute Gasteiger partial charge is 0.317 e. The molecule has 3 rings (SSSR count). The highest BCUT2D eigenvalue weighted by Gasteiger charge is 2.11. The first-order valence-electron chi connectivity index (χ1n) is 8.15. The van der Waals surface area contributed by atoms with E-state index in [-0.39, 0.29) is 23.9 Å². The van der Waals surface area contributed by atoms with E-state index in [0.717, 1.165) is 16.4 Å². The number of esters is 1. The SMILES string of the molecule is O=C(CSCC(=O)OCn1nnc2ccccc2c1=O)Nc1ccccc1F. The molecule has 8 nitrogen and oxygen atoms in total. The molecule has 28 heavy (non-hydrogen) atoms. The lowest BCUT2D eigenvalue weighted by Crippen LogP contribution is -2.27. The molecule has 0 radical (unpaired) electrons. The lowest BCUT2D eigenvalue weighted by molar-refractivity contribution is -0.144. The van der Waals surface area contributed by atoms with E-state index in [9.17, 15) is 18.8 Å². The Bertz CT molecular complexity index is 1070. The second-order valence-corrected chi connectivity index (χ2v) is 6.56. The van der Waals surface area contributed by atoms with Gasteiger partial charge in [-0.15, -0.1) is 16.9 Å². The average molecular weight is 402 g/mol. The summed E-state index contributed by atoms with van der Waals surface area (Å²) in [5.74, 6) is -1.77. The molecule has 0 unspecified atom stereocenters. The maximum absolute atomic E-state index is 13.5. The third-order valence-corrected chi connectivity index (χ3v) is 4.48. The van der Waals surface area contributed by atoms with Crippen LogP contribution >= 0.6 is 11.8 Å². The van der Waals surface area contributed by atoms with Crippen LogP contribution in [0.5, 0.6) is 0 Å². The van der Waals surface area contributed by atoms with E-state index >= 15 is 0 Å². The third-order valence-electron chi connectivity index (χ3n) is 3.58. The summed E-state index contributed by atoms with van der Waals surface area (Å²) >= 11 is 1.00. The Labute approximate surface area is 162 Å². The number of anilines is 1. The molecule has 144 valence electrons. The van der Waals surface area contributed by atoms with Crippen LogP contribution in [-0.4, -0.2) is 38.4 Å². The number of benzene rings is 2. The van der Waals surface area contributed by atoms with Crippen LogP contribution in [0.3, 0.4) is 0 Å². The van der Waals surface area contributed by atoms with Gasteiger partial charge in [0, 0.05) is 0 Å². The molecule has 0 fully saturated rings. The van der Waals surface area contributed by atoms with E-state index in [2.05, 4.69) is 15.6 Å². The van der Waals surface area contributed by atoms with Crippen molar-refractivity contribution in [3.8, 4) is 0 Å². The van der Waals surface area contributed by atoms with E-state index in [1.54, 1.807) is 30.3 Å². The van der Waals surface area contributed by atoms with Crippen LogP contribution in [0, 0.1) is 5.82 Å². The Morgan fingerprint density at radius 3 is 2.68 bits per heavy atom. The molecular weight excluding hydrogens is 387 g/mol. The number of carbonyl (C=O) groups is 2. The fourth-order valence-electron chi connectivity index (χ4n) is 2.26. The van der Waals surface area contributed by atoms with Crippen LogP contribution < -0.4 is 10.9 Å². The summed E-state index contributed by atoms with van der Waals surface area (Å²) in [5.41, 5.74) is 0.103. The van der Waals surface area contributed by atoms with Crippen molar-refractivity contribution in [1.82, 2.24) is 15.0 Å². The summed E-state index contributed by atoms with van der Waals surface area (Å²) in [5, 5.41) is 10.4. The van der Waals surface area contributed by atoms with Gasteiger partial charge in [-0.1, -0.05) is 29.5 Å². The Balaban J connectivity index is 1.45. The van der Waals surface area contributed by atoms with Crippen molar-refractivity contribution < 1.29 is 18.7 Å². The largest absolute Gasteiger partial charge is 0.442 e. The molecule has 10 heteroatoms. The number of nitrogens with zero attached hydrogens (tertiary/aromatic N) is 3. The van der Waals surface area contributed by atoms with E-state index in [1.807, 2.05) is 0 Å². The van der Waals surface area contributed by atoms with Crippen LogP contribution in [0.25, 0.3) is 10.9 Å². The zero-order valence-corrected chi connectivity index (χ0v) is 15.3. The molecule has 0 atom stereocenters. The zero-order valence-electron chi connectivity index (χ0n) is 14.5. The molecular formula is C18H15FN4O4S. The first-order valence-corrected chi connectivity index (χ1v) is 9.30. The van der Waals surface area contributed by atoms with Crippen molar-refractivity contribution in [2.24, 2.45) is 0 Å². The third kappa shape index (κ3) is 4.92. The van der Waals surface area contributed by atoms with Crippen molar-refractivity contribution in [3.05, 3.63) is 64.7 Å². The van der Waals surface area contributed by atoms with Crippen molar-refractivity contribution in [1.29, 1.82) is 0 Å². The Kier molecular flexibility index (Phi) is 6.33. The van der Waals surface area contributed by atoms with Gasteiger partial charge in [-0.25, -0.2) is 4.39 Å². The molecule has 0 saturated heterocycles. The van der Waals surface area contributed by atoms with E-state index in [4.69, 9.17) is 4.74 Å². The van der Waals surface area contributed by atoms with Crippen molar-refractivity contribution >= 4 is 40.2 Å². The number of carbonyl (C=O) groups excluding carboxylic acids is 2. The number of halogens is 1. The highest BCUT2D eigenvalue weighted by Crippen LogP contribution is 2.13. The van der Waals surface area contributed by atoms with E-state index in [1.165, 1.54) is 18.2 Å². The summed E-state index contributed by atoms with van der Waals surface area (Å²) in [6.45, 7) is -0.377. The standard InChI is InChI=1S/C18H15FN4O4S/c19-13-6-2-4-8-15(13)20-16(24)9-28-10-17(25)27-11-23-18(26)12-5-1-3-7-14(12)21-22-23/h1-8H,9-11H2,(H,20,24). The van der Waals surface area contributed by atoms with E-state index < -0.39 is 23.3 Å². The van der Waals surface area contributed by atoms with Gasteiger partial charge in [0.1, 0.15) is 11.3 Å². The summed E-state index contributed by atoms with van der Waals surface area (Å²) in [6.07, 6.45) is 0. The number of nitrogens with one attached hydrogen (secondary N) is 1. The van der Waals surface area contributed by atoms with Crippen LogP contribution in [0.4, 0.5) is 10.1 Å². The monoisotopic (exact) mass is 402 g/mol. The first-order chi connectivity index (χ1) is 13.5. The molecule has 0 saturated carbocycles. The van der Waals surface area contributed by atoms with Crippen molar-refractivity contribution in [2.75, 3.05) is 16.8 Å². The molecule has 0 bridgehead atoms. The summed E-state index contributed by atoms with van der Waals surface area (Å²) < 4.78 is 19.4. The predicted molar refractivity (Wildman–Crippen MR) is 102 cm³/mol. The minimum Gasteiger partial charge on any atom is -0.442 e. The van der Waals surface area contributed by atoms with Crippen molar-refractivity contribution in [2.45, 2.75) is 6.73 Å². The normalized spacial score (nSPS) is 10.6. The minimum atomic E-state index is -0.620. The van der Waals surface area contributed by atoms with Crippen LogP contribution in [-0.2, 0) is 21.1 Å². The molecule has 3 aromatic rings. The molecule has 0 aliphatic heterocycles. The van der Waals surface area contributed by atoms with Gasteiger partial charge < -0.3 is 10.1 Å². The number of aromatic nitrogens is 3. The lowest BCUT2D eigenvalue weighted by Gasteiger charge is -2.07. The van der Waals surface area contributed by atoms with Gasteiger partial charge in [-0.05, 0) is 24.3 Å². The van der Waals surface area contributed by atoms with Gasteiger partial charge in [0.2, 0.25) is 5.91 Å². The molecule has 0 aliphatic rings. The molecule has 2 aromatic carbocycles. The van der Waals surface area contributed by atoms with Gasteiger partial charge in [0.25, 0.3) is 5.56 Å². The average Bonchev–Trinajstić information content (AvgIpc) is 2.69. The molecule has 1 amide bonds. The predicted octanol–water partition coefficient (Wildman–Crippen LogP) is 1.80. The topological polar surface area (TPSA) is 103 Å². The van der Waals surface area contributed by atoms with Crippen LogP contribution in [0.1, 0.15) is 0 Å². The Hall–Kier alpha value is -3.27. The highest BCUT2D eigenvalue weighted by molar-refractivity contribution is 8.00. The van der Waals surface area contributed by atoms with Crippen LogP contribution in [0.15, 0.2) is 53.3 Å². The second-order valence-electron chi connectivity index (χ2n) is 5.58. The number of hydrogen-bond acceptors (Lipinski definition) is 7. The van der Waals surface area contributed by atoms with Gasteiger partial charge in [-0.3, -0.25) is 14.4 Å². The molecule has 0 aliphatic carbocycles. The zero-order chi connectivity index (χ0) is 19.9. The maximum atomic E-state index is 13.5. The number of rotatable bonds is 7. The number of ether oxygens (including phenoxy) is 1. The summed E-state index contributed by atoms with van der Waals surface area (Å²) in [6, 6.07) is 12.5. The summed E-state index contributed by atoms with van der Waals surface area (Å²) in [4.78, 5) is 35.8.